The van der Waals surface area contributed by atoms with Crippen molar-refractivity contribution in [2.24, 2.45) is 5.41 Å². The lowest BCUT2D eigenvalue weighted by molar-refractivity contribution is 0.0689. The fourth-order valence-corrected chi connectivity index (χ4v) is 3.08. The second-order valence-corrected chi connectivity index (χ2v) is 8.08. The molecule has 0 saturated carbocycles. The molecule has 0 amide bonds. The highest BCUT2D eigenvalue weighted by Gasteiger charge is 2.23. The number of ether oxygens (including phenoxy) is 1. The zero-order valence-corrected chi connectivity index (χ0v) is 17.0. The fourth-order valence-electron chi connectivity index (χ4n) is 3.08. The molecule has 1 aromatic carbocycles. The molecule has 1 aromatic rings. The van der Waals surface area contributed by atoms with E-state index in [1.54, 1.807) is 0 Å². The lowest BCUT2D eigenvalue weighted by atomic mass is 9.89. The molecule has 1 rings (SSSR count). The van der Waals surface area contributed by atoms with Crippen molar-refractivity contribution in [1.29, 1.82) is 0 Å². The van der Waals surface area contributed by atoms with Gasteiger partial charge in [-0.25, -0.2) is 4.79 Å². The Balaban J connectivity index is 3.48. The first-order valence-corrected chi connectivity index (χ1v) is 9.78. The van der Waals surface area contributed by atoms with Gasteiger partial charge in [-0.1, -0.05) is 54.4 Å². The molecule has 0 fully saturated rings. The van der Waals surface area contributed by atoms with Gasteiger partial charge < -0.3 is 9.84 Å². The molecule has 0 atom stereocenters. The summed E-state index contributed by atoms with van der Waals surface area (Å²) in [5.41, 5.74) is 3.94. The van der Waals surface area contributed by atoms with Gasteiger partial charge in [-0.15, -0.1) is 0 Å². The van der Waals surface area contributed by atoms with Crippen LogP contribution in [0.15, 0.2) is 6.07 Å². The van der Waals surface area contributed by atoms with E-state index in [0.29, 0.717) is 17.9 Å². The zero-order chi connectivity index (χ0) is 19.0. The standard InChI is InChI=1S/C22H36O3/c1-7-10-12-16-14-19(21(23)24)20(25-15-22(4,5)6)18(13-11-8-2)17(16)9-3/h14H,7-13,15H2,1-6H3,(H,23,24). The van der Waals surface area contributed by atoms with Crippen molar-refractivity contribution in [2.45, 2.75) is 86.5 Å². The molecule has 25 heavy (non-hydrogen) atoms. The van der Waals surface area contributed by atoms with Crippen molar-refractivity contribution >= 4 is 5.97 Å². The van der Waals surface area contributed by atoms with Gasteiger partial charge in [0.2, 0.25) is 0 Å². The van der Waals surface area contributed by atoms with E-state index in [0.717, 1.165) is 50.5 Å². The molecule has 3 nitrogen and oxygen atoms in total. The number of carboxylic acids is 1. The third kappa shape index (κ3) is 6.37. The van der Waals surface area contributed by atoms with Crippen molar-refractivity contribution in [1.82, 2.24) is 0 Å². The number of unbranched alkanes of at least 4 members (excludes halogenated alkanes) is 2. The number of carboxylic acid groups (broad SMARTS) is 1. The number of carbonyl (C=O) groups is 1. The van der Waals surface area contributed by atoms with E-state index < -0.39 is 5.97 Å². The molecular formula is C22H36O3. The van der Waals surface area contributed by atoms with Gasteiger partial charge in [0, 0.05) is 0 Å². The number of hydrogen-bond acceptors (Lipinski definition) is 2. The van der Waals surface area contributed by atoms with Crippen LogP contribution < -0.4 is 4.74 Å². The molecule has 1 N–H and O–H groups in total. The summed E-state index contributed by atoms with van der Waals surface area (Å²) in [6.07, 6.45) is 7.08. The average Bonchev–Trinajstić information content (AvgIpc) is 2.54. The van der Waals surface area contributed by atoms with Crippen LogP contribution >= 0.6 is 0 Å². The highest BCUT2D eigenvalue weighted by atomic mass is 16.5. The molecule has 0 aliphatic carbocycles. The van der Waals surface area contributed by atoms with Gasteiger partial charge in [0.15, 0.2) is 0 Å². The van der Waals surface area contributed by atoms with Crippen LogP contribution in [0.2, 0.25) is 0 Å². The second kappa shape index (κ2) is 9.84. The lowest BCUT2D eigenvalue weighted by Crippen LogP contribution is -2.20. The van der Waals surface area contributed by atoms with E-state index >= 15 is 0 Å². The minimum Gasteiger partial charge on any atom is -0.492 e. The maximum Gasteiger partial charge on any atom is 0.339 e. The summed E-state index contributed by atoms with van der Waals surface area (Å²) in [5, 5.41) is 9.78. The first-order valence-electron chi connectivity index (χ1n) is 9.78. The average molecular weight is 349 g/mol. The van der Waals surface area contributed by atoms with E-state index in [1.165, 1.54) is 11.1 Å². The van der Waals surface area contributed by atoms with Gasteiger partial charge in [0.1, 0.15) is 11.3 Å². The van der Waals surface area contributed by atoms with Gasteiger partial charge in [-0.3, -0.25) is 0 Å². The molecule has 0 spiro atoms. The molecule has 3 heteroatoms. The number of benzene rings is 1. The summed E-state index contributed by atoms with van der Waals surface area (Å²) in [7, 11) is 0. The maximum atomic E-state index is 11.9. The molecular weight excluding hydrogens is 312 g/mol. The Morgan fingerprint density at radius 3 is 2.12 bits per heavy atom. The lowest BCUT2D eigenvalue weighted by Gasteiger charge is -2.24. The van der Waals surface area contributed by atoms with Crippen molar-refractivity contribution in [2.75, 3.05) is 6.61 Å². The van der Waals surface area contributed by atoms with Gasteiger partial charge >= 0.3 is 5.97 Å². The summed E-state index contributed by atoms with van der Waals surface area (Å²) < 4.78 is 6.11. The smallest absolute Gasteiger partial charge is 0.339 e. The molecule has 142 valence electrons. The van der Waals surface area contributed by atoms with Gasteiger partial charge in [0.05, 0.1) is 6.61 Å². The Morgan fingerprint density at radius 2 is 1.64 bits per heavy atom. The van der Waals surface area contributed by atoms with Crippen LogP contribution in [0, 0.1) is 5.41 Å². The van der Waals surface area contributed by atoms with Crippen molar-refractivity contribution in [3.05, 3.63) is 28.3 Å². The molecule has 0 aliphatic heterocycles. The Kier molecular flexibility index (Phi) is 8.47. The number of hydrogen-bond donors (Lipinski definition) is 1. The highest BCUT2D eigenvalue weighted by molar-refractivity contribution is 5.92. The van der Waals surface area contributed by atoms with Crippen molar-refractivity contribution in [3.63, 3.8) is 0 Å². The largest absolute Gasteiger partial charge is 0.492 e. The molecule has 0 aliphatic rings. The third-order valence-electron chi connectivity index (χ3n) is 4.40. The minimum atomic E-state index is -0.887. The zero-order valence-electron chi connectivity index (χ0n) is 17.0. The number of aryl methyl sites for hydroxylation is 1. The maximum absolute atomic E-state index is 11.9. The molecule has 0 aromatic heterocycles. The normalized spacial score (nSPS) is 11.6. The number of rotatable bonds is 10. The molecule has 0 saturated heterocycles. The van der Waals surface area contributed by atoms with Crippen LogP contribution in [0.1, 0.15) is 94.3 Å². The predicted molar refractivity (Wildman–Crippen MR) is 105 cm³/mol. The van der Waals surface area contributed by atoms with Gasteiger partial charge in [-0.2, -0.15) is 0 Å². The van der Waals surface area contributed by atoms with Crippen LogP contribution in [-0.2, 0) is 19.3 Å². The van der Waals surface area contributed by atoms with E-state index in [9.17, 15) is 9.90 Å². The molecule has 0 heterocycles. The van der Waals surface area contributed by atoms with Crippen LogP contribution in [0.5, 0.6) is 5.75 Å². The summed E-state index contributed by atoms with van der Waals surface area (Å²) in [5.74, 6) is -0.282. The second-order valence-electron chi connectivity index (χ2n) is 8.08. The summed E-state index contributed by atoms with van der Waals surface area (Å²) >= 11 is 0. The topological polar surface area (TPSA) is 46.5 Å². The van der Waals surface area contributed by atoms with E-state index in [-0.39, 0.29) is 5.41 Å². The quantitative estimate of drug-likeness (QED) is 0.559. The first-order chi connectivity index (χ1) is 11.7. The van der Waals surface area contributed by atoms with Gasteiger partial charge in [0.25, 0.3) is 0 Å². The minimum absolute atomic E-state index is 0.00887. The van der Waals surface area contributed by atoms with Crippen LogP contribution in [0.4, 0.5) is 0 Å². The fraction of sp³-hybridized carbons (Fsp3) is 0.682. The molecule has 0 radical (unpaired) electrons. The van der Waals surface area contributed by atoms with E-state index in [1.807, 2.05) is 6.07 Å². The van der Waals surface area contributed by atoms with E-state index in [2.05, 4.69) is 41.5 Å². The summed E-state index contributed by atoms with van der Waals surface area (Å²) in [6, 6.07) is 1.87. The monoisotopic (exact) mass is 348 g/mol. The SMILES string of the molecule is CCCCc1cc(C(=O)O)c(OCC(C)(C)C)c(CCCC)c1CC. The third-order valence-corrected chi connectivity index (χ3v) is 4.40. The van der Waals surface area contributed by atoms with Crippen LogP contribution in [-0.4, -0.2) is 17.7 Å². The molecule has 0 unspecified atom stereocenters. The van der Waals surface area contributed by atoms with E-state index in [4.69, 9.17) is 4.74 Å². The summed E-state index contributed by atoms with van der Waals surface area (Å²) in [4.78, 5) is 11.9. The number of aromatic carboxylic acids is 1. The van der Waals surface area contributed by atoms with Crippen molar-refractivity contribution < 1.29 is 14.6 Å². The Bertz CT molecular complexity index is 568. The highest BCUT2D eigenvalue weighted by Crippen LogP contribution is 2.34. The van der Waals surface area contributed by atoms with Gasteiger partial charge in [-0.05, 0) is 60.3 Å². The van der Waals surface area contributed by atoms with Crippen LogP contribution in [0.25, 0.3) is 0 Å². The Labute approximate surface area is 153 Å². The Morgan fingerprint density at radius 1 is 1.04 bits per heavy atom. The first kappa shape index (κ1) is 21.5. The summed E-state index contributed by atoms with van der Waals surface area (Å²) in [6.45, 7) is 13.3. The Hall–Kier alpha value is -1.51. The predicted octanol–water partition coefficient (Wildman–Crippen LogP) is 6.06. The van der Waals surface area contributed by atoms with Crippen molar-refractivity contribution in [3.8, 4) is 5.75 Å². The van der Waals surface area contributed by atoms with Crippen LogP contribution in [0.3, 0.4) is 0 Å². The molecule has 0 bridgehead atoms.